The summed E-state index contributed by atoms with van der Waals surface area (Å²) < 4.78 is 0. The molecule has 0 aromatic heterocycles. The Labute approximate surface area is 217 Å². The quantitative estimate of drug-likeness (QED) is 0.378. The van der Waals surface area contributed by atoms with Gasteiger partial charge in [0.25, 0.3) is 0 Å². The van der Waals surface area contributed by atoms with E-state index in [1.54, 1.807) is 6.08 Å². The summed E-state index contributed by atoms with van der Waals surface area (Å²) in [6, 6.07) is 10.0. The number of fused-ring (bicyclic) bond motifs is 2. The minimum Gasteiger partial charge on any atom is -0.103 e. The van der Waals surface area contributed by atoms with Gasteiger partial charge in [-0.3, -0.25) is 0 Å². The van der Waals surface area contributed by atoms with Crippen LogP contribution in [0.25, 0.3) is 6.08 Å². The smallest absolute Gasteiger partial charge is 0.0228 e. The number of allylic oxidation sites excluding steroid dienone is 6. The van der Waals surface area contributed by atoms with Crippen molar-refractivity contribution in [2.75, 3.05) is 0 Å². The van der Waals surface area contributed by atoms with Gasteiger partial charge in [-0.15, -0.1) is 26.3 Å². The second-order valence-corrected chi connectivity index (χ2v) is 7.85. The van der Waals surface area contributed by atoms with E-state index in [2.05, 4.69) is 52.0 Å². The molecule has 0 spiro atoms. The van der Waals surface area contributed by atoms with Crippen molar-refractivity contribution < 1.29 is 0 Å². The van der Waals surface area contributed by atoms with Crippen LogP contribution in [0, 0.1) is 11.8 Å². The maximum absolute atomic E-state index is 3.63. The molecule has 2 atom stereocenters. The Kier molecular flexibility index (Phi) is 46.7. The molecule has 1 fully saturated rings. The van der Waals surface area contributed by atoms with Crippen LogP contribution in [0.1, 0.15) is 100 Å². The molecule has 2 aliphatic rings. The zero-order valence-electron chi connectivity index (χ0n) is 24.8. The van der Waals surface area contributed by atoms with E-state index in [0.717, 1.165) is 18.3 Å². The fourth-order valence-corrected chi connectivity index (χ4v) is 2.31. The number of rotatable bonds is 2. The molecule has 0 saturated heterocycles. The molecule has 0 radical (unpaired) electrons. The molecule has 1 aromatic rings. The van der Waals surface area contributed by atoms with Gasteiger partial charge < -0.3 is 0 Å². The van der Waals surface area contributed by atoms with Gasteiger partial charge in [0, 0.05) is 0 Å². The first-order valence-electron chi connectivity index (χ1n) is 13.0. The average molecular weight is 469 g/mol. The summed E-state index contributed by atoms with van der Waals surface area (Å²) in [4.78, 5) is 0. The lowest BCUT2D eigenvalue weighted by molar-refractivity contribution is 0.691. The van der Waals surface area contributed by atoms with Crippen LogP contribution in [0.4, 0.5) is 0 Å². The van der Waals surface area contributed by atoms with Crippen LogP contribution >= 0.6 is 0 Å². The lowest BCUT2D eigenvalue weighted by Crippen LogP contribution is -1.82. The molecule has 1 saturated carbocycles. The molecule has 196 valence electrons. The molecule has 0 heteroatoms. The lowest BCUT2D eigenvalue weighted by atomic mass is 10.1. The van der Waals surface area contributed by atoms with E-state index >= 15 is 0 Å². The Balaban J connectivity index is -0.0000000997. The summed E-state index contributed by atoms with van der Waals surface area (Å²) in [5.74, 6) is 1.98. The molecule has 0 amide bonds. The Bertz CT molecular complexity index is 554. The zero-order valence-corrected chi connectivity index (χ0v) is 24.8. The number of benzene rings is 1. The zero-order chi connectivity index (χ0) is 27.8. The van der Waals surface area contributed by atoms with Crippen LogP contribution in [0.15, 0.2) is 98.7 Å². The predicted octanol–water partition coefficient (Wildman–Crippen LogP) is 12.3. The first-order chi connectivity index (χ1) is 16.2. The second kappa shape index (κ2) is 37.9. The highest BCUT2D eigenvalue weighted by atomic mass is 14.3. The van der Waals surface area contributed by atoms with Crippen LogP contribution in [-0.2, 0) is 0 Å². The molecule has 3 rings (SSSR count). The minimum atomic E-state index is 0.991. The van der Waals surface area contributed by atoms with Crippen molar-refractivity contribution in [3.63, 3.8) is 0 Å². The molecule has 0 N–H and O–H groups in total. The van der Waals surface area contributed by atoms with Crippen molar-refractivity contribution in [2.45, 2.75) is 94.9 Å². The van der Waals surface area contributed by atoms with Gasteiger partial charge in [0.1, 0.15) is 0 Å². The van der Waals surface area contributed by atoms with E-state index in [9.17, 15) is 0 Å². The molecule has 34 heavy (non-hydrogen) atoms. The van der Waals surface area contributed by atoms with E-state index in [1.807, 2.05) is 105 Å². The van der Waals surface area contributed by atoms with E-state index in [4.69, 9.17) is 0 Å². The van der Waals surface area contributed by atoms with Crippen LogP contribution in [0.2, 0.25) is 0 Å². The molecule has 0 aliphatic heterocycles. The third-order valence-electron chi connectivity index (χ3n) is 3.49. The number of hydrogen-bond donors (Lipinski definition) is 0. The largest absolute Gasteiger partial charge is 0.103 e. The summed E-state index contributed by atoms with van der Waals surface area (Å²) >= 11 is 0. The highest BCUT2D eigenvalue weighted by molar-refractivity contribution is 5.45. The van der Waals surface area contributed by atoms with E-state index in [0.29, 0.717) is 0 Å². The van der Waals surface area contributed by atoms with Crippen molar-refractivity contribution >= 4 is 6.08 Å². The fraction of sp³-hybridized carbons (Fsp3) is 0.471. The minimum absolute atomic E-state index is 0.991. The highest BCUT2D eigenvalue weighted by Gasteiger charge is 2.25. The van der Waals surface area contributed by atoms with Gasteiger partial charge in [0.15, 0.2) is 0 Å². The maximum atomic E-state index is 3.63. The van der Waals surface area contributed by atoms with Crippen molar-refractivity contribution in [3.8, 4) is 0 Å². The monoisotopic (exact) mass is 468 g/mol. The van der Waals surface area contributed by atoms with Crippen molar-refractivity contribution in [1.82, 2.24) is 0 Å². The van der Waals surface area contributed by atoms with E-state index in [1.165, 1.54) is 36.0 Å². The highest BCUT2D eigenvalue weighted by Crippen LogP contribution is 2.38. The summed E-state index contributed by atoms with van der Waals surface area (Å²) in [6.07, 6.45) is 15.7. The molecule has 2 aliphatic carbocycles. The first-order valence-corrected chi connectivity index (χ1v) is 13.0. The second-order valence-electron chi connectivity index (χ2n) is 7.85. The summed E-state index contributed by atoms with van der Waals surface area (Å²) in [6.45, 7) is 37.4. The molecule has 0 nitrogen and oxygen atoms in total. The summed E-state index contributed by atoms with van der Waals surface area (Å²) in [7, 11) is 0. The van der Waals surface area contributed by atoms with Gasteiger partial charge >= 0.3 is 0 Å². The van der Waals surface area contributed by atoms with Crippen molar-refractivity contribution in [2.24, 2.45) is 11.8 Å². The average Bonchev–Trinajstić information content (AvgIpc) is 3.49. The topological polar surface area (TPSA) is 0 Å². The number of hydrogen-bond acceptors (Lipinski definition) is 0. The van der Waals surface area contributed by atoms with Gasteiger partial charge in [0.2, 0.25) is 0 Å². The van der Waals surface area contributed by atoms with E-state index < -0.39 is 0 Å². The summed E-state index contributed by atoms with van der Waals surface area (Å²) in [5, 5.41) is 0. The Morgan fingerprint density at radius 3 is 1.21 bits per heavy atom. The lowest BCUT2D eigenvalue weighted by Gasteiger charge is -1.96. The molecule has 2 bridgehead atoms. The van der Waals surface area contributed by atoms with Gasteiger partial charge in [-0.2, -0.15) is 0 Å². The molecule has 2 unspecified atom stereocenters. The van der Waals surface area contributed by atoms with Crippen LogP contribution < -0.4 is 0 Å². The third kappa shape index (κ3) is 47.4. The molecule has 1 aromatic carbocycles. The van der Waals surface area contributed by atoms with Gasteiger partial charge in [-0.05, 0) is 77.7 Å². The van der Waals surface area contributed by atoms with Crippen molar-refractivity contribution in [3.05, 3.63) is 104 Å². The van der Waals surface area contributed by atoms with Gasteiger partial charge in [-0.1, -0.05) is 113 Å². The normalized spacial score (nSPS) is 14.4. The van der Waals surface area contributed by atoms with Crippen molar-refractivity contribution in [1.29, 1.82) is 0 Å². The molecule has 0 heterocycles. The van der Waals surface area contributed by atoms with Crippen LogP contribution in [0.5, 0.6) is 0 Å². The third-order valence-corrected chi connectivity index (χ3v) is 3.49. The van der Waals surface area contributed by atoms with Crippen LogP contribution in [-0.4, -0.2) is 0 Å². The SMILES string of the molecule is C1=CC2CCC1C2.C=C(C)C.C=C(C)C.C=CC.C=CCC.C=Cc1ccccc1.CC.CC. The standard InChI is InChI=1S/C8H8.C7H10.3C4H8.C3H6.2C2H6/c1-2-8-6-4-3-5-7-8;1-2-7-4-3-6(1)5-7;2*1-4(2)3;1-3-4-2;1-3-2;2*1-2/h2-7H,1H2;1-2,6-7H,3-5H2;2*1H2,2-3H3;3H,1,4H2,2H3;3H,1H2,2H3;2*1-2H3. The molecular formula is C34H60. The maximum Gasteiger partial charge on any atom is -0.0228 e. The fourth-order valence-electron chi connectivity index (χ4n) is 2.31. The first kappa shape index (κ1) is 41.9. The summed E-state index contributed by atoms with van der Waals surface area (Å²) in [5.41, 5.74) is 3.51. The predicted molar refractivity (Wildman–Crippen MR) is 167 cm³/mol. The van der Waals surface area contributed by atoms with E-state index in [-0.39, 0.29) is 0 Å². The molecular weight excluding hydrogens is 408 g/mol. The van der Waals surface area contributed by atoms with Gasteiger partial charge in [0.05, 0.1) is 0 Å². The Hall–Kier alpha value is -2.34. The van der Waals surface area contributed by atoms with Gasteiger partial charge in [-0.25, -0.2) is 0 Å². The Morgan fingerprint density at radius 1 is 0.794 bits per heavy atom. The van der Waals surface area contributed by atoms with Crippen LogP contribution in [0.3, 0.4) is 0 Å². The Morgan fingerprint density at radius 2 is 1.09 bits per heavy atom.